The zero-order valence-corrected chi connectivity index (χ0v) is 12.7. The first-order valence-corrected chi connectivity index (χ1v) is 8.84. The van der Waals surface area contributed by atoms with Crippen LogP contribution < -0.4 is 0 Å². The lowest BCUT2D eigenvalue weighted by molar-refractivity contribution is -0.181. The minimum atomic E-state index is -3.11. The van der Waals surface area contributed by atoms with E-state index in [0.717, 1.165) is 38.5 Å². The Kier molecular flexibility index (Phi) is 4.87. The van der Waals surface area contributed by atoms with Crippen molar-refractivity contribution < 1.29 is 17.9 Å². The van der Waals surface area contributed by atoms with Crippen LogP contribution in [0.25, 0.3) is 0 Å². The van der Waals surface area contributed by atoms with Crippen molar-refractivity contribution in [1.82, 2.24) is 4.31 Å². The van der Waals surface area contributed by atoms with Gasteiger partial charge in [0.2, 0.25) is 10.0 Å². The zero-order chi connectivity index (χ0) is 13.9. The second-order valence-corrected chi connectivity index (χ2v) is 7.67. The van der Waals surface area contributed by atoms with Crippen LogP contribution in [0.1, 0.15) is 45.4 Å². The molecule has 0 aromatic rings. The van der Waals surface area contributed by atoms with Gasteiger partial charge < -0.3 is 9.47 Å². The maximum absolute atomic E-state index is 12.2. The Balaban J connectivity index is 1.90. The zero-order valence-electron chi connectivity index (χ0n) is 11.9. The molecule has 0 amide bonds. The molecule has 2 rings (SSSR count). The van der Waals surface area contributed by atoms with Crippen molar-refractivity contribution >= 4 is 10.0 Å². The van der Waals surface area contributed by atoms with Crippen LogP contribution in [0, 0.1) is 0 Å². The monoisotopic (exact) mass is 291 g/mol. The predicted octanol–water partition coefficient (Wildman–Crippen LogP) is 1.73. The fourth-order valence-electron chi connectivity index (χ4n) is 2.89. The molecule has 0 unspecified atom stereocenters. The number of hydrogen-bond acceptors (Lipinski definition) is 4. The molecule has 0 radical (unpaired) electrons. The molecule has 0 aromatic heterocycles. The van der Waals surface area contributed by atoms with Crippen LogP contribution in [0.4, 0.5) is 0 Å². The predicted molar refractivity (Wildman–Crippen MR) is 73.3 cm³/mol. The number of sulfonamides is 1. The van der Waals surface area contributed by atoms with Gasteiger partial charge >= 0.3 is 0 Å². The fraction of sp³-hybridized carbons (Fsp3) is 1.00. The first kappa shape index (κ1) is 15.2. The second kappa shape index (κ2) is 6.08. The van der Waals surface area contributed by atoms with Gasteiger partial charge in [0.25, 0.3) is 0 Å². The summed E-state index contributed by atoms with van der Waals surface area (Å²) in [6, 6.07) is 0.0975. The molecular formula is C13H25NO4S. The first-order valence-electron chi connectivity index (χ1n) is 7.23. The molecule has 1 aliphatic heterocycles. The summed E-state index contributed by atoms with van der Waals surface area (Å²) >= 11 is 0. The van der Waals surface area contributed by atoms with E-state index in [1.165, 1.54) is 0 Å². The van der Waals surface area contributed by atoms with Crippen molar-refractivity contribution in [2.45, 2.75) is 57.3 Å². The average Bonchev–Trinajstić information content (AvgIpc) is 2.85. The summed E-state index contributed by atoms with van der Waals surface area (Å²) in [5, 5.41) is 0. The molecule has 2 aliphatic rings. The number of rotatable bonds is 5. The van der Waals surface area contributed by atoms with Gasteiger partial charge in [-0.05, 0) is 19.3 Å². The second-order valence-electron chi connectivity index (χ2n) is 5.52. The summed E-state index contributed by atoms with van der Waals surface area (Å²) in [6.07, 6.45) is 4.87. The summed E-state index contributed by atoms with van der Waals surface area (Å²) in [5.41, 5.74) is 0. The largest absolute Gasteiger partial charge is 0.348 e. The highest BCUT2D eigenvalue weighted by Gasteiger charge is 2.42. The van der Waals surface area contributed by atoms with Gasteiger partial charge in [0.05, 0.1) is 19.0 Å². The van der Waals surface area contributed by atoms with Crippen molar-refractivity contribution in [2.75, 3.05) is 26.0 Å². The Bertz CT molecular complexity index is 379. The lowest BCUT2D eigenvalue weighted by atomic mass is 9.90. The lowest BCUT2D eigenvalue weighted by Crippen LogP contribution is -2.45. The molecule has 1 heterocycles. The average molecular weight is 291 g/mol. The molecule has 0 aromatic carbocycles. The van der Waals surface area contributed by atoms with Crippen molar-refractivity contribution in [1.29, 1.82) is 0 Å². The summed E-state index contributed by atoms with van der Waals surface area (Å²) < 4.78 is 37.2. The molecule has 5 nitrogen and oxygen atoms in total. The normalized spacial score (nSPS) is 24.4. The first-order chi connectivity index (χ1) is 8.99. The van der Waals surface area contributed by atoms with Crippen LogP contribution in [0.5, 0.6) is 0 Å². The van der Waals surface area contributed by atoms with Crippen molar-refractivity contribution in [3.05, 3.63) is 0 Å². The summed E-state index contributed by atoms with van der Waals surface area (Å²) in [4.78, 5) is 0. The highest BCUT2D eigenvalue weighted by Crippen LogP contribution is 2.37. The van der Waals surface area contributed by atoms with Gasteiger partial charge in [-0.1, -0.05) is 13.3 Å². The molecule has 112 valence electrons. The molecular weight excluding hydrogens is 266 g/mol. The van der Waals surface area contributed by atoms with Gasteiger partial charge in [-0.2, -0.15) is 0 Å². The number of ether oxygens (including phenoxy) is 2. The molecule has 0 atom stereocenters. The van der Waals surface area contributed by atoms with E-state index >= 15 is 0 Å². The molecule has 1 saturated heterocycles. The van der Waals surface area contributed by atoms with E-state index in [1.807, 2.05) is 6.92 Å². The molecule has 6 heteroatoms. The summed E-state index contributed by atoms with van der Waals surface area (Å²) in [5.74, 6) is -0.154. The van der Waals surface area contributed by atoms with Gasteiger partial charge in [-0.3, -0.25) is 0 Å². The Labute approximate surface area is 116 Å². The maximum Gasteiger partial charge on any atom is 0.214 e. The number of nitrogens with zero attached hydrogens (tertiary/aromatic N) is 1. The van der Waals surface area contributed by atoms with Crippen molar-refractivity contribution in [3.8, 4) is 0 Å². The Hall–Kier alpha value is -0.170. The van der Waals surface area contributed by atoms with Crippen LogP contribution in [-0.4, -0.2) is 50.6 Å². The molecule has 0 bridgehead atoms. The molecule has 2 fully saturated rings. The van der Waals surface area contributed by atoms with E-state index in [9.17, 15) is 8.42 Å². The molecule has 0 N–H and O–H groups in total. The van der Waals surface area contributed by atoms with E-state index in [2.05, 4.69) is 0 Å². The van der Waals surface area contributed by atoms with Gasteiger partial charge in [0.15, 0.2) is 5.79 Å². The van der Waals surface area contributed by atoms with Gasteiger partial charge in [-0.15, -0.1) is 0 Å². The molecule has 19 heavy (non-hydrogen) atoms. The van der Waals surface area contributed by atoms with Crippen LogP contribution in [0.15, 0.2) is 0 Å². The van der Waals surface area contributed by atoms with E-state index in [-0.39, 0.29) is 11.8 Å². The van der Waals surface area contributed by atoms with Crippen LogP contribution in [-0.2, 0) is 19.5 Å². The fourth-order valence-corrected chi connectivity index (χ4v) is 4.50. The van der Waals surface area contributed by atoms with Crippen LogP contribution in [0.3, 0.4) is 0 Å². The third-order valence-electron chi connectivity index (χ3n) is 4.24. The topological polar surface area (TPSA) is 55.8 Å². The van der Waals surface area contributed by atoms with Gasteiger partial charge in [0, 0.05) is 25.9 Å². The standard InChI is InChI=1S/C13H25NO4S/c1-3-4-11-19(15,16)14(2)12-5-7-13(8-6-12)17-9-10-18-13/h12H,3-11H2,1-2H3. The van der Waals surface area contributed by atoms with E-state index in [0.29, 0.717) is 13.2 Å². The third-order valence-corrected chi connectivity index (χ3v) is 6.22. The van der Waals surface area contributed by atoms with Gasteiger partial charge in [-0.25, -0.2) is 12.7 Å². The maximum atomic E-state index is 12.2. The molecule has 1 saturated carbocycles. The minimum Gasteiger partial charge on any atom is -0.348 e. The van der Waals surface area contributed by atoms with Crippen LogP contribution in [0.2, 0.25) is 0 Å². The Morgan fingerprint density at radius 1 is 1.21 bits per heavy atom. The van der Waals surface area contributed by atoms with Crippen molar-refractivity contribution in [3.63, 3.8) is 0 Å². The highest BCUT2D eigenvalue weighted by atomic mass is 32.2. The smallest absolute Gasteiger partial charge is 0.214 e. The Morgan fingerprint density at radius 2 is 1.79 bits per heavy atom. The Morgan fingerprint density at radius 3 is 2.32 bits per heavy atom. The van der Waals surface area contributed by atoms with Gasteiger partial charge in [0.1, 0.15) is 0 Å². The summed E-state index contributed by atoms with van der Waals surface area (Å²) in [7, 11) is -1.39. The quantitative estimate of drug-likeness (QED) is 0.774. The number of unbranched alkanes of at least 4 members (excludes halogenated alkanes) is 1. The molecule has 1 aliphatic carbocycles. The van der Waals surface area contributed by atoms with Crippen LogP contribution >= 0.6 is 0 Å². The van der Waals surface area contributed by atoms with E-state index in [1.54, 1.807) is 11.4 Å². The third kappa shape index (κ3) is 3.48. The van der Waals surface area contributed by atoms with E-state index < -0.39 is 15.8 Å². The summed E-state index contributed by atoms with van der Waals surface area (Å²) in [6.45, 7) is 3.33. The minimum absolute atomic E-state index is 0.0975. The SMILES string of the molecule is CCCCS(=O)(=O)N(C)C1CCC2(CC1)OCCO2. The molecule has 1 spiro atoms. The number of hydrogen-bond donors (Lipinski definition) is 0. The van der Waals surface area contributed by atoms with Crippen molar-refractivity contribution in [2.24, 2.45) is 0 Å². The highest BCUT2D eigenvalue weighted by molar-refractivity contribution is 7.89. The van der Waals surface area contributed by atoms with E-state index in [4.69, 9.17) is 9.47 Å². The lowest BCUT2D eigenvalue weighted by Gasteiger charge is -2.38.